The Bertz CT molecular complexity index is 999. The monoisotopic (exact) mass is 390 g/mol. The largest absolute Gasteiger partial charge is 0.465 e. The van der Waals surface area contributed by atoms with Crippen molar-refractivity contribution in [1.29, 1.82) is 0 Å². The van der Waals surface area contributed by atoms with Crippen LogP contribution in [0.3, 0.4) is 0 Å². The third-order valence-corrected chi connectivity index (χ3v) is 5.41. The summed E-state index contributed by atoms with van der Waals surface area (Å²) in [6.45, 7) is 3.57. The standard InChI is InChI=1S/C19H22N2O5S/c1-12-6-9-15(19(23)26-4)10-16(12)20-18(22)14-8-7-13(2)17(11-14)21(3)27(5,24)25/h6-11H,1-5H3,(H,20,22). The number of sulfonamides is 1. The Hall–Kier alpha value is -2.87. The van der Waals surface area contributed by atoms with Crippen LogP contribution >= 0.6 is 0 Å². The van der Waals surface area contributed by atoms with Crippen molar-refractivity contribution in [3.8, 4) is 0 Å². The van der Waals surface area contributed by atoms with E-state index in [4.69, 9.17) is 4.74 Å². The molecule has 1 amide bonds. The number of amides is 1. The summed E-state index contributed by atoms with van der Waals surface area (Å²) in [6, 6.07) is 9.68. The van der Waals surface area contributed by atoms with E-state index in [1.807, 2.05) is 0 Å². The maximum Gasteiger partial charge on any atom is 0.337 e. The summed E-state index contributed by atoms with van der Waals surface area (Å²) in [5, 5.41) is 2.76. The fraction of sp³-hybridized carbons (Fsp3) is 0.263. The Labute approximate surface area is 159 Å². The van der Waals surface area contributed by atoms with Gasteiger partial charge in [0.25, 0.3) is 5.91 Å². The van der Waals surface area contributed by atoms with Gasteiger partial charge in [-0.2, -0.15) is 0 Å². The minimum absolute atomic E-state index is 0.300. The Kier molecular flexibility index (Phi) is 5.90. The second-order valence-corrected chi connectivity index (χ2v) is 8.22. The van der Waals surface area contributed by atoms with E-state index in [-0.39, 0.29) is 0 Å². The van der Waals surface area contributed by atoms with Gasteiger partial charge in [0.05, 0.1) is 24.6 Å². The number of anilines is 2. The van der Waals surface area contributed by atoms with Gasteiger partial charge in [-0.25, -0.2) is 13.2 Å². The number of nitrogens with one attached hydrogen (secondary N) is 1. The molecule has 2 rings (SSSR count). The molecule has 0 aromatic heterocycles. The van der Waals surface area contributed by atoms with Gasteiger partial charge in [0, 0.05) is 18.3 Å². The molecule has 0 radical (unpaired) electrons. The van der Waals surface area contributed by atoms with Gasteiger partial charge in [0.2, 0.25) is 10.0 Å². The number of carbonyl (C=O) groups excluding carboxylic acids is 2. The minimum atomic E-state index is -3.45. The zero-order valence-electron chi connectivity index (χ0n) is 15.9. The fourth-order valence-electron chi connectivity index (χ4n) is 2.46. The normalized spacial score (nSPS) is 11.0. The first-order valence-corrected chi connectivity index (χ1v) is 9.94. The number of ether oxygens (including phenoxy) is 1. The third kappa shape index (κ3) is 4.65. The minimum Gasteiger partial charge on any atom is -0.465 e. The number of rotatable bonds is 5. The lowest BCUT2D eigenvalue weighted by atomic mass is 10.1. The maximum absolute atomic E-state index is 12.7. The summed E-state index contributed by atoms with van der Waals surface area (Å²) in [5.41, 5.74) is 3.01. The molecule has 0 saturated carbocycles. The third-order valence-electron chi connectivity index (χ3n) is 4.21. The van der Waals surface area contributed by atoms with E-state index < -0.39 is 21.9 Å². The topological polar surface area (TPSA) is 92.8 Å². The van der Waals surface area contributed by atoms with Crippen molar-refractivity contribution in [2.24, 2.45) is 0 Å². The van der Waals surface area contributed by atoms with Crippen LogP contribution in [-0.2, 0) is 14.8 Å². The van der Waals surface area contributed by atoms with E-state index in [2.05, 4.69) is 5.32 Å². The zero-order valence-corrected chi connectivity index (χ0v) is 16.7. The van der Waals surface area contributed by atoms with Crippen molar-refractivity contribution < 1.29 is 22.7 Å². The van der Waals surface area contributed by atoms with Crippen LogP contribution in [-0.4, -0.2) is 40.7 Å². The van der Waals surface area contributed by atoms with E-state index >= 15 is 0 Å². The molecule has 8 heteroatoms. The molecule has 2 aromatic rings. The van der Waals surface area contributed by atoms with E-state index in [1.165, 1.54) is 26.3 Å². The maximum atomic E-state index is 12.7. The van der Waals surface area contributed by atoms with Gasteiger partial charge in [-0.1, -0.05) is 12.1 Å². The molecule has 1 N–H and O–H groups in total. The molecule has 7 nitrogen and oxygen atoms in total. The highest BCUT2D eigenvalue weighted by Crippen LogP contribution is 2.24. The summed E-state index contributed by atoms with van der Waals surface area (Å²) in [4.78, 5) is 24.3. The summed E-state index contributed by atoms with van der Waals surface area (Å²) in [6.07, 6.45) is 1.10. The predicted octanol–water partition coefficient (Wildman–Crippen LogP) is 2.74. The number of esters is 1. The Morgan fingerprint density at radius 2 is 1.59 bits per heavy atom. The highest BCUT2D eigenvalue weighted by molar-refractivity contribution is 7.92. The smallest absolute Gasteiger partial charge is 0.337 e. The number of aryl methyl sites for hydroxylation is 2. The second kappa shape index (κ2) is 7.79. The van der Waals surface area contributed by atoms with Gasteiger partial charge in [0.15, 0.2) is 0 Å². The lowest BCUT2D eigenvalue weighted by Crippen LogP contribution is -2.26. The van der Waals surface area contributed by atoms with Gasteiger partial charge >= 0.3 is 5.97 Å². The molecule has 27 heavy (non-hydrogen) atoms. The molecular weight excluding hydrogens is 368 g/mol. The van der Waals surface area contributed by atoms with Crippen molar-refractivity contribution in [1.82, 2.24) is 0 Å². The predicted molar refractivity (Wildman–Crippen MR) is 105 cm³/mol. The molecule has 0 saturated heterocycles. The number of methoxy groups -OCH3 is 1. The molecule has 0 bridgehead atoms. The average Bonchev–Trinajstić information content (AvgIpc) is 2.61. The molecule has 0 heterocycles. The molecule has 0 atom stereocenters. The van der Waals surface area contributed by atoms with Crippen LogP contribution in [0.5, 0.6) is 0 Å². The molecule has 2 aromatic carbocycles. The number of hydrogen-bond acceptors (Lipinski definition) is 5. The van der Waals surface area contributed by atoms with Gasteiger partial charge < -0.3 is 10.1 Å². The van der Waals surface area contributed by atoms with Crippen LogP contribution in [0.4, 0.5) is 11.4 Å². The highest BCUT2D eigenvalue weighted by Gasteiger charge is 2.17. The zero-order chi connectivity index (χ0) is 20.4. The highest BCUT2D eigenvalue weighted by atomic mass is 32.2. The second-order valence-electron chi connectivity index (χ2n) is 6.21. The van der Waals surface area contributed by atoms with Crippen LogP contribution in [0.25, 0.3) is 0 Å². The fourth-order valence-corrected chi connectivity index (χ4v) is 3.02. The average molecular weight is 390 g/mol. The van der Waals surface area contributed by atoms with Crippen molar-refractivity contribution in [3.05, 3.63) is 58.7 Å². The van der Waals surface area contributed by atoms with E-state index in [9.17, 15) is 18.0 Å². The van der Waals surface area contributed by atoms with Gasteiger partial charge in [-0.15, -0.1) is 0 Å². The first-order chi connectivity index (χ1) is 12.5. The summed E-state index contributed by atoms with van der Waals surface area (Å²) in [7, 11) is -0.736. The van der Waals surface area contributed by atoms with E-state index in [1.54, 1.807) is 38.1 Å². The molecule has 144 valence electrons. The Morgan fingerprint density at radius 1 is 1.00 bits per heavy atom. The van der Waals surface area contributed by atoms with Crippen LogP contribution in [0, 0.1) is 13.8 Å². The summed E-state index contributed by atoms with van der Waals surface area (Å²) < 4.78 is 29.4. The van der Waals surface area contributed by atoms with Crippen LogP contribution in [0.2, 0.25) is 0 Å². The van der Waals surface area contributed by atoms with Crippen molar-refractivity contribution in [2.75, 3.05) is 30.0 Å². The van der Waals surface area contributed by atoms with Gasteiger partial charge in [-0.05, 0) is 49.2 Å². The molecule has 0 aliphatic rings. The van der Waals surface area contributed by atoms with Crippen LogP contribution in [0.15, 0.2) is 36.4 Å². The number of benzene rings is 2. The quantitative estimate of drug-likeness (QED) is 0.793. The Balaban J connectivity index is 2.36. The SMILES string of the molecule is COC(=O)c1ccc(C)c(NC(=O)c2ccc(C)c(N(C)S(C)(=O)=O)c2)c1. The summed E-state index contributed by atoms with van der Waals surface area (Å²) in [5.74, 6) is -0.916. The lowest BCUT2D eigenvalue weighted by molar-refractivity contribution is 0.0600. The number of nitrogens with zero attached hydrogens (tertiary/aromatic N) is 1. The molecule has 0 spiro atoms. The summed E-state index contributed by atoms with van der Waals surface area (Å²) >= 11 is 0. The van der Waals surface area contributed by atoms with Crippen molar-refractivity contribution >= 4 is 33.3 Å². The molecule has 0 aliphatic heterocycles. The lowest BCUT2D eigenvalue weighted by Gasteiger charge is -2.20. The first kappa shape index (κ1) is 20.4. The Morgan fingerprint density at radius 3 is 2.19 bits per heavy atom. The molecule has 0 fully saturated rings. The van der Waals surface area contributed by atoms with Gasteiger partial charge in [0.1, 0.15) is 0 Å². The van der Waals surface area contributed by atoms with Gasteiger partial charge in [-0.3, -0.25) is 9.10 Å². The van der Waals surface area contributed by atoms with Crippen LogP contribution in [0.1, 0.15) is 31.8 Å². The van der Waals surface area contributed by atoms with E-state index in [0.717, 1.165) is 21.7 Å². The van der Waals surface area contributed by atoms with Crippen LogP contribution < -0.4 is 9.62 Å². The number of carbonyl (C=O) groups is 2. The molecule has 0 aliphatic carbocycles. The van der Waals surface area contributed by atoms with Crippen molar-refractivity contribution in [2.45, 2.75) is 13.8 Å². The van der Waals surface area contributed by atoms with E-state index in [0.29, 0.717) is 22.5 Å². The van der Waals surface area contributed by atoms with Crippen molar-refractivity contribution in [3.63, 3.8) is 0 Å². The first-order valence-electron chi connectivity index (χ1n) is 8.09. The number of hydrogen-bond donors (Lipinski definition) is 1. The molecular formula is C19H22N2O5S. The molecule has 0 unspecified atom stereocenters.